The van der Waals surface area contributed by atoms with Crippen molar-refractivity contribution in [3.63, 3.8) is 0 Å². The van der Waals surface area contributed by atoms with Crippen molar-refractivity contribution in [2.75, 3.05) is 11.9 Å². The zero-order valence-corrected chi connectivity index (χ0v) is 8.82. The summed E-state index contributed by atoms with van der Waals surface area (Å²) >= 11 is 0. The first-order chi connectivity index (χ1) is 7.21. The average molecular weight is 200 g/mol. The van der Waals surface area contributed by atoms with Crippen molar-refractivity contribution < 1.29 is 4.79 Å². The molecule has 1 spiro atoms. The van der Waals surface area contributed by atoms with Crippen LogP contribution in [0.1, 0.15) is 18.9 Å². The third-order valence-electron chi connectivity index (χ3n) is 3.27. The number of hydrogen-bond acceptors (Lipinski definition) is 2. The number of carbonyl (C=O) groups is 1. The van der Waals surface area contributed by atoms with Crippen LogP contribution in [0.2, 0.25) is 0 Å². The van der Waals surface area contributed by atoms with Gasteiger partial charge in [0.15, 0.2) is 0 Å². The zero-order chi connectivity index (χ0) is 10.6. The molecule has 0 aromatic heterocycles. The lowest BCUT2D eigenvalue weighted by atomic mass is 9.94. The van der Waals surface area contributed by atoms with Gasteiger partial charge in [-0.05, 0) is 12.5 Å². The van der Waals surface area contributed by atoms with Gasteiger partial charge in [0.05, 0.1) is 5.71 Å². The zero-order valence-electron chi connectivity index (χ0n) is 8.82. The quantitative estimate of drug-likeness (QED) is 0.679. The number of carbonyl (C=O) groups excluding carboxylic acids is 1. The number of likely N-dealkylation sites (N-methyl/N-ethyl adjacent to an activating group) is 1. The Balaban J connectivity index is 2.18. The van der Waals surface area contributed by atoms with Crippen LogP contribution in [0, 0.1) is 0 Å². The molecule has 1 aromatic carbocycles. The van der Waals surface area contributed by atoms with E-state index in [0.717, 1.165) is 23.4 Å². The van der Waals surface area contributed by atoms with Crippen molar-refractivity contribution in [3.8, 4) is 0 Å². The first-order valence-corrected chi connectivity index (χ1v) is 5.18. The molecule has 1 aromatic rings. The Labute approximate surface area is 88.4 Å². The fourth-order valence-corrected chi connectivity index (χ4v) is 2.44. The molecule has 0 saturated carbocycles. The number of anilines is 1. The van der Waals surface area contributed by atoms with Gasteiger partial charge in [-0.15, -0.1) is 0 Å². The fourth-order valence-electron chi connectivity index (χ4n) is 2.44. The summed E-state index contributed by atoms with van der Waals surface area (Å²) < 4.78 is 0. The smallest absolute Gasteiger partial charge is 0.265 e. The van der Waals surface area contributed by atoms with Crippen LogP contribution in [-0.4, -0.2) is 18.7 Å². The molecule has 0 fully saturated rings. The van der Waals surface area contributed by atoms with Crippen molar-refractivity contribution in [1.82, 2.24) is 0 Å². The van der Waals surface area contributed by atoms with Crippen LogP contribution < -0.4 is 4.90 Å². The number of rotatable bonds is 1. The van der Waals surface area contributed by atoms with E-state index < -0.39 is 5.54 Å². The summed E-state index contributed by atoms with van der Waals surface area (Å²) in [5, 5.41) is 0. The molecule has 0 N–H and O–H groups in total. The first kappa shape index (κ1) is 8.65. The van der Waals surface area contributed by atoms with Gasteiger partial charge in [-0.1, -0.05) is 25.1 Å². The van der Waals surface area contributed by atoms with Crippen molar-refractivity contribution >= 4 is 17.3 Å². The molecule has 2 aliphatic heterocycles. The lowest BCUT2D eigenvalue weighted by Gasteiger charge is -2.09. The van der Waals surface area contributed by atoms with Crippen molar-refractivity contribution in [2.24, 2.45) is 4.99 Å². The molecular formula is C12H12N2O. The minimum absolute atomic E-state index is 0.0977. The Morgan fingerprint density at radius 3 is 2.80 bits per heavy atom. The lowest BCUT2D eigenvalue weighted by Crippen LogP contribution is -2.32. The molecule has 0 bridgehead atoms. The van der Waals surface area contributed by atoms with Gasteiger partial charge in [-0.3, -0.25) is 9.79 Å². The minimum Gasteiger partial charge on any atom is -0.312 e. The lowest BCUT2D eigenvalue weighted by molar-refractivity contribution is -0.119. The van der Waals surface area contributed by atoms with Gasteiger partial charge >= 0.3 is 0 Å². The molecule has 0 saturated heterocycles. The van der Waals surface area contributed by atoms with Crippen molar-refractivity contribution in [2.45, 2.75) is 18.9 Å². The highest BCUT2D eigenvalue weighted by Gasteiger charge is 2.60. The maximum atomic E-state index is 12.1. The molecule has 2 aliphatic rings. The monoisotopic (exact) mass is 200 g/mol. The van der Waals surface area contributed by atoms with E-state index in [1.54, 1.807) is 4.90 Å². The highest BCUT2D eigenvalue weighted by Crippen LogP contribution is 2.51. The van der Waals surface area contributed by atoms with Crippen LogP contribution in [0.5, 0.6) is 0 Å². The van der Waals surface area contributed by atoms with E-state index in [9.17, 15) is 4.79 Å². The van der Waals surface area contributed by atoms with Crippen LogP contribution in [0.3, 0.4) is 0 Å². The Kier molecular flexibility index (Phi) is 1.43. The summed E-state index contributed by atoms with van der Waals surface area (Å²) in [5.41, 5.74) is 2.47. The summed E-state index contributed by atoms with van der Waals surface area (Å²) in [4.78, 5) is 18.2. The fraction of sp³-hybridized carbons (Fsp3) is 0.333. The number of benzene rings is 1. The van der Waals surface area contributed by atoms with E-state index in [0.29, 0.717) is 0 Å². The van der Waals surface area contributed by atoms with Gasteiger partial charge in [0, 0.05) is 18.3 Å². The van der Waals surface area contributed by atoms with Gasteiger partial charge in [-0.25, -0.2) is 0 Å². The molecule has 15 heavy (non-hydrogen) atoms. The number of nitrogens with zero attached hydrogens (tertiary/aromatic N) is 2. The molecule has 3 nitrogen and oxygen atoms in total. The second-order valence-corrected chi connectivity index (χ2v) is 4.00. The summed E-state index contributed by atoms with van der Waals surface area (Å²) in [6, 6.07) is 7.90. The van der Waals surface area contributed by atoms with Crippen molar-refractivity contribution in [3.05, 3.63) is 29.8 Å². The van der Waals surface area contributed by atoms with E-state index >= 15 is 0 Å². The van der Waals surface area contributed by atoms with E-state index in [4.69, 9.17) is 0 Å². The number of para-hydroxylation sites is 1. The molecule has 0 aliphatic carbocycles. The van der Waals surface area contributed by atoms with E-state index in [-0.39, 0.29) is 5.91 Å². The molecule has 3 rings (SSSR count). The molecule has 2 heterocycles. The number of hydrogen-bond donors (Lipinski definition) is 0. The molecule has 0 radical (unpaired) electrons. The molecule has 1 unspecified atom stereocenters. The summed E-state index contributed by atoms with van der Waals surface area (Å²) in [6.07, 6.45) is 0.855. The number of aliphatic imine (C=N–C) groups is 1. The summed E-state index contributed by atoms with van der Waals surface area (Å²) in [7, 11) is 1.82. The predicted molar refractivity (Wildman–Crippen MR) is 59.3 cm³/mol. The van der Waals surface area contributed by atoms with E-state index in [2.05, 4.69) is 4.99 Å². The molecule has 1 atom stereocenters. The topological polar surface area (TPSA) is 32.7 Å². The van der Waals surface area contributed by atoms with Crippen LogP contribution >= 0.6 is 0 Å². The Morgan fingerprint density at radius 1 is 1.40 bits per heavy atom. The van der Waals surface area contributed by atoms with Gasteiger partial charge in [0.2, 0.25) is 5.54 Å². The van der Waals surface area contributed by atoms with Gasteiger partial charge in [0.25, 0.3) is 5.91 Å². The summed E-state index contributed by atoms with van der Waals surface area (Å²) in [5.74, 6) is 0.0977. The largest absolute Gasteiger partial charge is 0.312 e. The molecule has 76 valence electrons. The molecular weight excluding hydrogens is 188 g/mol. The highest BCUT2D eigenvalue weighted by molar-refractivity contribution is 6.30. The van der Waals surface area contributed by atoms with Crippen LogP contribution in [-0.2, 0) is 10.3 Å². The SMILES string of the molecule is CCC1=NC12C(=O)N(C)c1ccccc12. The Hall–Kier alpha value is -1.64. The number of fused-ring (bicyclic) bond motifs is 2. The molecule has 3 heteroatoms. The Bertz CT molecular complexity index is 492. The van der Waals surface area contributed by atoms with E-state index in [1.807, 2.05) is 38.2 Å². The third-order valence-corrected chi connectivity index (χ3v) is 3.27. The van der Waals surface area contributed by atoms with Crippen LogP contribution in [0.25, 0.3) is 0 Å². The Morgan fingerprint density at radius 2 is 2.13 bits per heavy atom. The second-order valence-electron chi connectivity index (χ2n) is 4.00. The van der Waals surface area contributed by atoms with Gasteiger partial charge in [0.1, 0.15) is 0 Å². The predicted octanol–water partition coefficient (Wildman–Crippen LogP) is 1.72. The van der Waals surface area contributed by atoms with E-state index in [1.165, 1.54) is 0 Å². The molecule has 1 amide bonds. The first-order valence-electron chi connectivity index (χ1n) is 5.18. The van der Waals surface area contributed by atoms with Crippen LogP contribution in [0.4, 0.5) is 5.69 Å². The standard InChI is InChI=1S/C12H12N2O/c1-3-10-12(13-10)8-6-4-5-7-9(8)14(2)11(12)15/h4-7H,3H2,1-2H3. The highest BCUT2D eigenvalue weighted by atomic mass is 16.2. The second kappa shape index (κ2) is 2.48. The van der Waals surface area contributed by atoms with Gasteiger partial charge in [-0.2, -0.15) is 0 Å². The van der Waals surface area contributed by atoms with Crippen molar-refractivity contribution in [1.29, 1.82) is 0 Å². The normalized spacial score (nSPS) is 26.9. The maximum Gasteiger partial charge on any atom is 0.265 e. The van der Waals surface area contributed by atoms with Gasteiger partial charge < -0.3 is 4.90 Å². The van der Waals surface area contributed by atoms with Crippen LogP contribution in [0.15, 0.2) is 29.3 Å². The average Bonchev–Trinajstić information content (AvgIpc) is 2.98. The summed E-state index contributed by atoms with van der Waals surface area (Å²) in [6.45, 7) is 2.04. The number of amides is 1. The maximum absolute atomic E-state index is 12.1. The third kappa shape index (κ3) is 0.814. The minimum atomic E-state index is -0.597.